The highest BCUT2D eigenvalue weighted by Gasteiger charge is 2.27. The minimum absolute atomic E-state index is 0.0316. The van der Waals surface area contributed by atoms with Crippen LogP contribution in [0, 0.1) is 6.92 Å². The standard InChI is InChI=1S/C25H27N3O5/c1-18-6-2-5-9-22(18)33-13-10-26-23(29)17-28-16-20(19-7-3-4-8-21(19)28)24(30)25(31)27-11-14-32-15-12-27/h2-9,16H,10-15,17H2,1H3,(H,26,29). The van der Waals surface area contributed by atoms with Gasteiger partial charge in [-0.15, -0.1) is 0 Å². The molecule has 0 radical (unpaired) electrons. The number of carbonyl (C=O) groups is 3. The number of Topliss-reactive ketones (excluding diaryl/α,β-unsaturated/α-hetero) is 1. The molecule has 1 aliphatic rings. The van der Waals surface area contributed by atoms with Gasteiger partial charge in [-0.2, -0.15) is 0 Å². The first-order valence-corrected chi connectivity index (χ1v) is 11.0. The molecule has 0 atom stereocenters. The predicted molar refractivity (Wildman–Crippen MR) is 123 cm³/mol. The lowest BCUT2D eigenvalue weighted by atomic mass is 10.1. The van der Waals surface area contributed by atoms with Gasteiger partial charge in [0.2, 0.25) is 5.91 Å². The minimum Gasteiger partial charge on any atom is -0.491 e. The van der Waals surface area contributed by atoms with Crippen molar-refractivity contribution in [3.8, 4) is 5.75 Å². The maximum Gasteiger partial charge on any atom is 0.295 e. The van der Waals surface area contributed by atoms with Crippen LogP contribution in [0.25, 0.3) is 10.9 Å². The molecule has 1 aromatic heterocycles. The molecule has 2 heterocycles. The number of morpholine rings is 1. The molecule has 4 rings (SSSR count). The molecule has 2 aromatic carbocycles. The lowest BCUT2D eigenvalue weighted by molar-refractivity contribution is -0.130. The van der Waals surface area contributed by atoms with E-state index in [0.29, 0.717) is 50.4 Å². The fourth-order valence-electron chi connectivity index (χ4n) is 3.86. The SMILES string of the molecule is Cc1ccccc1OCCNC(=O)Cn1cc(C(=O)C(=O)N2CCOCC2)c2ccccc21. The van der Waals surface area contributed by atoms with Crippen LogP contribution in [0.2, 0.25) is 0 Å². The Morgan fingerprint density at radius 2 is 1.76 bits per heavy atom. The van der Waals surface area contributed by atoms with Crippen LogP contribution in [0.3, 0.4) is 0 Å². The number of aryl methyl sites for hydroxylation is 1. The number of nitrogens with one attached hydrogen (secondary N) is 1. The highest BCUT2D eigenvalue weighted by molar-refractivity contribution is 6.44. The van der Waals surface area contributed by atoms with E-state index in [4.69, 9.17) is 9.47 Å². The van der Waals surface area contributed by atoms with Crippen molar-refractivity contribution in [2.75, 3.05) is 39.5 Å². The monoisotopic (exact) mass is 449 g/mol. The summed E-state index contributed by atoms with van der Waals surface area (Å²) in [5, 5.41) is 3.49. The van der Waals surface area contributed by atoms with Crippen LogP contribution in [0.1, 0.15) is 15.9 Å². The average Bonchev–Trinajstić information content (AvgIpc) is 3.21. The Balaban J connectivity index is 1.40. The number of para-hydroxylation sites is 2. The summed E-state index contributed by atoms with van der Waals surface area (Å²) in [6.45, 7) is 4.35. The molecule has 0 aliphatic carbocycles. The van der Waals surface area contributed by atoms with E-state index in [0.717, 1.165) is 16.8 Å². The van der Waals surface area contributed by atoms with Gasteiger partial charge in [-0.3, -0.25) is 14.4 Å². The number of carbonyl (C=O) groups excluding carboxylic acids is 3. The first kappa shape index (κ1) is 22.5. The third-order valence-corrected chi connectivity index (χ3v) is 5.62. The maximum absolute atomic E-state index is 13.0. The van der Waals surface area contributed by atoms with Crippen LogP contribution in [-0.4, -0.2) is 66.5 Å². The molecular formula is C25H27N3O5. The molecule has 0 saturated carbocycles. The van der Waals surface area contributed by atoms with Crippen LogP contribution in [-0.2, 0) is 20.9 Å². The molecular weight excluding hydrogens is 422 g/mol. The molecule has 1 N–H and O–H groups in total. The second-order valence-electron chi connectivity index (χ2n) is 7.89. The Labute approximate surface area is 192 Å². The van der Waals surface area contributed by atoms with Crippen molar-refractivity contribution in [1.29, 1.82) is 0 Å². The summed E-state index contributed by atoms with van der Waals surface area (Å²) >= 11 is 0. The smallest absolute Gasteiger partial charge is 0.295 e. The first-order chi connectivity index (χ1) is 16.0. The first-order valence-electron chi connectivity index (χ1n) is 11.0. The topological polar surface area (TPSA) is 89.9 Å². The number of aromatic nitrogens is 1. The molecule has 1 saturated heterocycles. The summed E-state index contributed by atoms with van der Waals surface area (Å²) in [5.74, 6) is -0.531. The number of hydrogen-bond donors (Lipinski definition) is 1. The Hall–Kier alpha value is -3.65. The fraction of sp³-hybridized carbons (Fsp3) is 0.320. The lowest BCUT2D eigenvalue weighted by Gasteiger charge is -2.25. The minimum atomic E-state index is -0.570. The number of amides is 2. The molecule has 0 spiro atoms. The van der Waals surface area contributed by atoms with E-state index in [1.54, 1.807) is 16.8 Å². The van der Waals surface area contributed by atoms with Gasteiger partial charge in [0.25, 0.3) is 11.7 Å². The lowest BCUT2D eigenvalue weighted by Crippen LogP contribution is -2.44. The van der Waals surface area contributed by atoms with E-state index in [-0.39, 0.29) is 12.5 Å². The number of hydrogen-bond acceptors (Lipinski definition) is 5. The fourth-order valence-corrected chi connectivity index (χ4v) is 3.86. The van der Waals surface area contributed by atoms with Crippen molar-refractivity contribution in [2.45, 2.75) is 13.5 Å². The Kier molecular flexibility index (Phi) is 7.04. The van der Waals surface area contributed by atoms with Gasteiger partial charge >= 0.3 is 0 Å². The van der Waals surface area contributed by atoms with Crippen LogP contribution in [0.4, 0.5) is 0 Å². The van der Waals surface area contributed by atoms with Gasteiger partial charge in [0.1, 0.15) is 18.9 Å². The number of ketones is 1. The molecule has 33 heavy (non-hydrogen) atoms. The summed E-state index contributed by atoms with van der Waals surface area (Å²) in [5.41, 5.74) is 2.06. The highest BCUT2D eigenvalue weighted by atomic mass is 16.5. The van der Waals surface area contributed by atoms with Gasteiger partial charge < -0.3 is 24.3 Å². The molecule has 1 fully saturated rings. The maximum atomic E-state index is 13.0. The van der Waals surface area contributed by atoms with E-state index >= 15 is 0 Å². The van der Waals surface area contributed by atoms with Gasteiger partial charge in [-0.25, -0.2) is 0 Å². The van der Waals surface area contributed by atoms with Crippen LogP contribution in [0.5, 0.6) is 5.75 Å². The number of nitrogens with zero attached hydrogens (tertiary/aromatic N) is 2. The summed E-state index contributed by atoms with van der Waals surface area (Å²) in [6, 6.07) is 15.0. The van der Waals surface area contributed by atoms with Gasteiger partial charge in [-0.1, -0.05) is 36.4 Å². The third kappa shape index (κ3) is 5.23. The molecule has 0 bridgehead atoms. The summed E-state index contributed by atoms with van der Waals surface area (Å²) in [7, 11) is 0. The molecule has 8 nitrogen and oxygen atoms in total. The van der Waals surface area contributed by atoms with Crippen LogP contribution in [0.15, 0.2) is 54.7 Å². The zero-order valence-corrected chi connectivity index (χ0v) is 18.6. The quantitative estimate of drug-likeness (QED) is 0.324. The van der Waals surface area contributed by atoms with Crippen molar-refractivity contribution >= 4 is 28.5 Å². The second kappa shape index (κ2) is 10.3. The highest BCUT2D eigenvalue weighted by Crippen LogP contribution is 2.23. The van der Waals surface area contributed by atoms with Crippen LogP contribution < -0.4 is 10.1 Å². The van der Waals surface area contributed by atoms with E-state index in [1.165, 1.54) is 4.90 Å². The number of benzene rings is 2. The largest absolute Gasteiger partial charge is 0.491 e. The number of ether oxygens (including phenoxy) is 2. The van der Waals surface area contributed by atoms with E-state index < -0.39 is 11.7 Å². The zero-order chi connectivity index (χ0) is 23.2. The van der Waals surface area contributed by atoms with Gasteiger partial charge in [-0.05, 0) is 24.6 Å². The Bertz CT molecular complexity index is 1160. The molecule has 2 amide bonds. The summed E-state index contributed by atoms with van der Waals surface area (Å²) < 4.78 is 12.7. The van der Waals surface area contributed by atoms with Crippen molar-refractivity contribution in [3.63, 3.8) is 0 Å². The summed E-state index contributed by atoms with van der Waals surface area (Å²) in [6.07, 6.45) is 1.59. The molecule has 0 unspecified atom stereocenters. The Morgan fingerprint density at radius 3 is 2.55 bits per heavy atom. The van der Waals surface area contributed by atoms with E-state index in [2.05, 4.69) is 5.32 Å². The summed E-state index contributed by atoms with van der Waals surface area (Å²) in [4.78, 5) is 39.7. The van der Waals surface area contributed by atoms with Gasteiger partial charge in [0, 0.05) is 30.2 Å². The van der Waals surface area contributed by atoms with Crippen molar-refractivity contribution in [2.24, 2.45) is 0 Å². The van der Waals surface area contributed by atoms with Gasteiger partial charge in [0.05, 0.1) is 25.3 Å². The normalized spacial score (nSPS) is 13.7. The zero-order valence-electron chi connectivity index (χ0n) is 18.6. The number of rotatable bonds is 8. The predicted octanol–water partition coefficient (Wildman–Crippen LogP) is 2.19. The third-order valence-electron chi connectivity index (χ3n) is 5.62. The Morgan fingerprint density at radius 1 is 1.03 bits per heavy atom. The van der Waals surface area contributed by atoms with Crippen molar-refractivity contribution in [3.05, 3.63) is 65.9 Å². The molecule has 3 aromatic rings. The van der Waals surface area contributed by atoms with E-state index in [9.17, 15) is 14.4 Å². The molecule has 172 valence electrons. The van der Waals surface area contributed by atoms with Crippen molar-refractivity contribution < 1.29 is 23.9 Å². The van der Waals surface area contributed by atoms with Crippen LogP contribution >= 0.6 is 0 Å². The average molecular weight is 450 g/mol. The molecule has 8 heteroatoms. The molecule has 1 aliphatic heterocycles. The van der Waals surface area contributed by atoms with E-state index in [1.807, 2.05) is 49.4 Å². The van der Waals surface area contributed by atoms with Gasteiger partial charge in [0.15, 0.2) is 0 Å². The second-order valence-corrected chi connectivity index (χ2v) is 7.89. The van der Waals surface area contributed by atoms with Crippen molar-refractivity contribution in [1.82, 2.24) is 14.8 Å². The number of fused-ring (bicyclic) bond motifs is 1.